The third kappa shape index (κ3) is 4.39. The standard InChI is InChI=1S/C20H18ClN3O2/c21-19-6-2-1-4-17(19)14-24(18-5-3-11-22-12-18)13-15-7-9-16(10-8-15)20(25)23-26/h1-12,26H,13-14H2,(H,23,25). The minimum absolute atomic E-state index is 0.398. The average Bonchev–Trinajstić information content (AvgIpc) is 2.69. The van der Waals surface area contributed by atoms with E-state index in [0.717, 1.165) is 21.8 Å². The minimum Gasteiger partial charge on any atom is -0.362 e. The molecule has 0 unspecified atom stereocenters. The van der Waals surface area contributed by atoms with Crippen molar-refractivity contribution in [3.63, 3.8) is 0 Å². The normalized spacial score (nSPS) is 10.4. The van der Waals surface area contributed by atoms with E-state index in [9.17, 15) is 4.79 Å². The molecule has 1 amide bonds. The number of hydroxylamine groups is 1. The van der Waals surface area contributed by atoms with E-state index in [1.807, 2.05) is 54.7 Å². The number of hydrogen-bond acceptors (Lipinski definition) is 4. The Kier molecular flexibility index (Phi) is 5.84. The Hall–Kier alpha value is -2.89. The molecule has 0 aliphatic heterocycles. The van der Waals surface area contributed by atoms with Gasteiger partial charge in [-0.2, -0.15) is 0 Å². The zero-order valence-electron chi connectivity index (χ0n) is 14.0. The molecule has 3 rings (SSSR count). The number of benzene rings is 2. The van der Waals surface area contributed by atoms with Crippen molar-refractivity contribution in [3.8, 4) is 0 Å². The molecule has 0 saturated heterocycles. The molecule has 2 N–H and O–H groups in total. The van der Waals surface area contributed by atoms with Crippen LogP contribution in [0.15, 0.2) is 73.1 Å². The highest BCUT2D eigenvalue weighted by Crippen LogP contribution is 2.23. The summed E-state index contributed by atoms with van der Waals surface area (Å²) >= 11 is 6.32. The quantitative estimate of drug-likeness (QED) is 0.509. The molecule has 0 bridgehead atoms. The lowest BCUT2D eigenvalue weighted by atomic mass is 10.1. The van der Waals surface area contributed by atoms with Gasteiger partial charge >= 0.3 is 0 Å². The highest BCUT2D eigenvalue weighted by molar-refractivity contribution is 6.31. The molecule has 1 heterocycles. The largest absolute Gasteiger partial charge is 0.362 e. The Morgan fingerprint density at radius 3 is 2.46 bits per heavy atom. The summed E-state index contributed by atoms with van der Waals surface area (Å²) in [7, 11) is 0. The van der Waals surface area contributed by atoms with Gasteiger partial charge in [0.05, 0.1) is 11.9 Å². The zero-order valence-corrected chi connectivity index (χ0v) is 14.7. The molecule has 0 atom stereocenters. The molecule has 132 valence electrons. The number of pyridine rings is 1. The van der Waals surface area contributed by atoms with Crippen molar-refractivity contribution < 1.29 is 10.0 Å². The Morgan fingerprint density at radius 1 is 1.04 bits per heavy atom. The lowest BCUT2D eigenvalue weighted by Crippen LogP contribution is -2.23. The first-order valence-electron chi connectivity index (χ1n) is 8.09. The summed E-state index contributed by atoms with van der Waals surface area (Å²) in [6.45, 7) is 1.25. The molecule has 0 aliphatic carbocycles. The van der Waals surface area contributed by atoms with Gasteiger partial charge in [-0.1, -0.05) is 41.9 Å². The average molecular weight is 368 g/mol. The van der Waals surface area contributed by atoms with Gasteiger partial charge in [0.2, 0.25) is 0 Å². The number of aromatic nitrogens is 1. The maximum atomic E-state index is 11.5. The van der Waals surface area contributed by atoms with E-state index in [-0.39, 0.29) is 0 Å². The first-order chi connectivity index (χ1) is 12.7. The fraction of sp³-hybridized carbons (Fsp3) is 0.100. The predicted molar refractivity (Wildman–Crippen MR) is 101 cm³/mol. The van der Waals surface area contributed by atoms with Gasteiger partial charge in [-0.25, -0.2) is 5.48 Å². The second-order valence-electron chi connectivity index (χ2n) is 5.80. The van der Waals surface area contributed by atoms with Gasteiger partial charge in [-0.15, -0.1) is 0 Å². The Balaban J connectivity index is 1.84. The maximum Gasteiger partial charge on any atom is 0.274 e. The Bertz CT molecular complexity index is 870. The van der Waals surface area contributed by atoms with E-state index in [1.165, 1.54) is 0 Å². The fourth-order valence-electron chi connectivity index (χ4n) is 2.66. The van der Waals surface area contributed by atoms with E-state index < -0.39 is 5.91 Å². The van der Waals surface area contributed by atoms with Crippen molar-refractivity contribution in [2.75, 3.05) is 4.90 Å². The van der Waals surface area contributed by atoms with Crippen LogP contribution in [0.1, 0.15) is 21.5 Å². The minimum atomic E-state index is -0.531. The number of carbonyl (C=O) groups excluding carboxylic acids is 1. The van der Waals surface area contributed by atoms with Gasteiger partial charge < -0.3 is 4.90 Å². The third-order valence-electron chi connectivity index (χ3n) is 4.02. The molecule has 1 aromatic heterocycles. The number of rotatable bonds is 6. The number of nitrogens with zero attached hydrogens (tertiary/aromatic N) is 2. The van der Waals surface area contributed by atoms with Crippen LogP contribution in [0.25, 0.3) is 0 Å². The number of amides is 1. The van der Waals surface area contributed by atoms with Crippen LogP contribution in [0, 0.1) is 0 Å². The monoisotopic (exact) mass is 367 g/mol. The van der Waals surface area contributed by atoms with Crippen molar-refractivity contribution in [1.29, 1.82) is 0 Å². The molecule has 6 heteroatoms. The molecule has 2 aromatic carbocycles. The second-order valence-corrected chi connectivity index (χ2v) is 6.20. The number of nitrogens with one attached hydrogen (secondary N) is 1. The van der Waals surface area contributed by atoms with Crippen molar-refractivity contribution in [2.45, 2.75) is 13.1 Å². The zero-order chi connectivity index (χ0) is 18.4. The SMILES string of the molecule is O=C(NO)c1ccc(CN(Cc2ccccc2Cl)c2cccnc2)cc1. The summed E-state index contributed by atoms with van der Waals surface area (Å²) < 4.78 is 0. The highest BCUT2D eigenvalue weighted by Gasteiger charge is 2.11. The summed E-state index contributed by atoms with van der Waals surface area (Å²) in [5.74, 6) is -0.531. The first kappa shape index (κ1) is 17.9. The summed E-state index contributed by atoms with van der Waals surface area (Å²) in [6, 6.07) is 18.7. The van der Waals surface area contributed by atoms with Crippen LogP contribution < -0.4 is 10.4 Å². The highest BCUT2D eigenvalue weighted by atomic mass is 35.5. The molecular formula is C20H18ClN3O2. The number of carbonyl (C=O) groups is 1. The molecule has 0 saturated carbocycles. The summed E-state index contributed by atoms with van der Waals surface area (Å²) in [6.07, 6.45) is 3.55. The van der Waals surface area contributed by atoms with Gasteiger partial charge in [0.15, 0.2) is 0 Å². The van der Waals surface area contributed by atoms with Crippen LogP contribution in [-0.4, -0.2) is 16.1 Å². The van der Waals surface area contributed by atoms with Crippen LogP contribution in [0.4, 0.5) is 5.69 Å². The molecule has 0 fully saturated rings. The molecule has 3 aromatic rings. The van der Waals surface area contributed by atoms with E-state index >= 15 is 0 Å². The van der Waals surface area contributed by atoms with Crippen molar-refractivity contribution in [3.05, 3.63) is 94.8 Å². The molecule has 26 heavy (non-hydrogen) atoms. The van der Waals surface area contributed by atoms with Crippen LogP contribution in [-0.2, 0) is 13.1 Å². The maximum absolute atomic E-state index is 11.5. The van der Waals surface area contributed by atoms with Crippen molar-refractivity contribution in [2.24, 2.45) is 0 Å². The van der Waals surface area contributed by atoms with Gasteiger partial charge in [-0.3, -0.25) is 15.0 Å². The first-order valence-corrected chi connectivity index (χ1v) is 8.47. The van der Waals surface area contributed by atoms with Crippen molar-refractivity contribution >= 4 is 23.2 Å². The Morgan fingerprint density at radius 2 is 1.81 bits per heavy atom. The molecule has 0 spiro atoms. The van der Waals surface area contributed by atoms with E-state index in [2.05, 4.69) is 9.88 Å². The third-order valence-corrected chi connectivity index (χ3v) is 4.39. The van der Waals surface area contributed by atoms with Gasteiger partial charge in [0.25, 0.3) is 5.91 Å². The molecular weight excluding hydrogens is 350 g/mol. The summed E-state index contributed by atoms with van der Waals surface area (Å²) in [4.78, 5) is 17.8. The van der Waals surface area contributed by atoms with E-state index in [0.29, 0.717) is 18.7 Å². The Labute approximate surface area is 156 Å². The van der Waals surface area contributed by atoms with Gasteiger partial charge in [0, 0.05) is 29.9 Å². The number of hydrogen-bond donors (Lipinski definition) is 2. The van der Waals surface area contributed by atoms with Crippen LogP contribution in [0.5, 0.6) is 0 Å². The fourth-order valence-corrected chi connectivity index (χ4v) is 2.85. The van der Waals surface area contributed by atoms with Gasteiger partial charge in [0.1, 0.15) is 0 Å². The molecule has 5 nitrogen and oxygen atoms in total. The summed E-state index contributed by atoms with van der Waals surface area (Å²) in [5, 5.41) is 9.43. The van der Waals surface area contributed by atoms with E-state index in [1.54, 1.807) is 23.8 Å². The van der Waals surface area contributed by atoms with Crippen LogP contribution in [0.2, 0.25) is 5.02 Å². The topological polar surface area (TPSA) is 65.5 Å². The van der Waals surface area contributed by atoms with Crippen LogP contribution >= 0.6 is 11.6 Å². The number of anilines is 1. The van der Waals surface area contributed by atoms with Gasteiger partial charge in [-0.05, 0) is 41.5 Å². The second kappa shape index (κ2) is 8.47. The molecule has 0 aliphatic rings. The van der Waals surface area contributed by atoms with Crippen LogP contribution in [0.3, 0.4) is 0 Å². The van der Waals surface area contributed by atoms with E-state index in [4.69, 9.17) is 16.8 Å². The molecule has 0 radical (unpaired) electrons. The summed E-state index contributed by atoms with van der Waals surface area (Å²) in [5.41, 5.74) is 5.05. The lowest BCUT2D eigenvalue weighted by molar-refractivity contribution is 0.0706. The smallest absolute Gasteiger partial charge is 0.274 e. The van der Waals surface area contributed by atoms with Crippen molar-refractivity contribution in [1.82, 2.24) is 10.5 Å². The number of halogens is 1. The predicted octanol–water partition coefficient (Wildman–Crippen LogP) is 4.06. The lowest BCUT2D eigenvalue weighted by Gasteiger charge is -2.25.